The van der Waals surface area contributed by atoms with Gasteiger partial charge in [-0.2, -0.15) is 0 Å². The average molecular weight is 456 g/mol. The third-order valence-corrected chi connectivity index (χ3v) is 7.35. The zero-order valence-electron chi connectivity index (χ0n) is 20.0. The Bertz CT molecular complexity index is 1110. The van der Waals surface area contributed by atoms with Crippen molar-refractivity contribution in [2.45, 2.75) is 26.3 Å². The van der Waals surface area contributed by atoms with Gasteiger partial charge in [0, 0.05) is 37.8 Å². The molecule has 0 aliphatic carbocycles. The fraction of sp³-hybridized carbons (Fsp3) is 0.393. The molecule has 0 bridgehead atoms. The van der Waals surface area contributed by atoms with Crippen molar-refractivity contribution in [2.24, 2.45) is 17.6 Å². The number of carbonyl (C=O) groups excluding carboxylic acids is 1. The molecule has 3 atom stereocenters. The van der Waals surface area contributed by atoms with Crippen molar-refractivity contribution in [1.29, 1.82) is 0 Å². The first-order valence-electron chi connectivity index (χ1n) is 12.2. The Morgan fingerprint density at radius 3 is 2.06 bits per heavy atom. The van der Waals surface area contributed by atoms with E-state index in [4.69, 9.17) is 5.73 Å². The van der Waals surface area contributed by atoms with E-state index in [0.29, 0.717) is 23.2 Å². The molecule has 176 valence electrons. The minimum Gasteiger partial charge on any atom is -0.338 e. The fourth-order valence-electron chi connectivity index (χ4n) is 5.53. The quantitative estimate of drug-likeness (QED) is 0.611. The summed E-state index contributed by atoms with van der Waals surface area (Å²) in [5.41, 5.74) is 10.7. The number of benzene rings is 2. The van der Waals surface area contributed by atoms with Crippen LogP contribution in [0.2, 0.25) is 0 Å². The van der Waals surface area contributed by atoms with E-state index in [0.717, 1.165) is 56.1 Å². The number of aryl methyl sites for hydroxylation is 2. The van der Waals surface area contributed by atoms with Gasteiger partial charge in [-0.15, -0.1) is 0 Å². The summed E-state index contributed by atoms with van der Waals surface area (Å²) in [7, 11) is 0. The van der Waals surface area contributed by atoms with Crippen LogP contribution in [0.15, 0.2) is 60.7 Å². The minimum atomic E-state index is 0.0710. The van der Waals surface area contributed by atoms with Gasteiger partial charge in [0.25, 0.3) is 5.91 Å². The van der Waals surface area contributed by atoms with E-state index in [9.17, 15) is 4.79 Å². The predicted octanol–water partition coefficient (Wildman–Crippen LogP) is 3.85. The first-order chi connectivity index (χ1) is 16.5. The summed E-state index contributed by atoms with van der Waals surface area (Å²) in [5, 5.41) is 0. The van der Waals surface area contributed by atoms with Gasteiger partial charge in [-0.25, -0.2) is 9.97 Å². The van der Waals surface area contributed by atoms with Crippen LogP contribution in [0.1, 0.15) is 39.8 Å². The molecule has 0 spiro atoms. The molecule has 2 N–H and O–H groups in total. The van der Waals surface area contributed by atoms with E-state index in [1.165, 1.54) is 5.56 Å². The Kier molecular flexibility index (Phi) is 6.44. The van der Waals surface area contributed by atoms with Crippen LogP contribution in [0, 0.1) is 25.7 Å². The van der Waals surface area contributed by atoms with Crippen LogP contribution >= 0.6 is 0 Å². The zero-order valence-corrected chi connectivity index (χ0v) is 20.0. The summed E-state index contributed by atoms with van der Waals surface area (Å²) >= 11 is 0. The van der Waals surface area contributed by atoms with Gasteiger partial charge < -0.3 is 15.5 Å². The van der Waals surface area contributed by atoms with Crippen molar-refractivity contribution in [2.75, 3.05) is 32.7 Å². The molecule has 1 aromatic heterocycles. The van der Waals surface area contributed by atoms with E-state index in [1.807, 2.05) is 67.3 Å². The molecule has 3 aromatic rings. The summed E-state index contributed by atoms with van der Waals surface area (Å²) in [4.78, 5) is 27.3. The molecular formula is C28H33N5O. The maximum atomic E-state index is 13.4. The number of nitrogens with zero attached hydrogens (tertiary/aromatic N) is 4. The van der Waals surface area contributed by atoms with E-state index < -0.39 is 0 Å². The number of carbonyl (C=O) groups is 1. The van der Waals surface area contributed by atoms with Crippen molar-refractivity contribution in [3.05, 3.63) is 83.2 Å². The lowest BCUT2D eigenvalue weighted by molar-refractivity contribution is 0.0771. The van der Waals surface area contributed by atoms with Crippen LogP contribution in [0.5, 0.6) is 0 Å². The van der Waals surface area contributed by atoms with Crippen LogP contribution < -0.4 is 5.73 Å². The normalized spacial score (nSPS) is 21.0. The fourth-order valence-corrected chi connectivity index (χ4v) is 5.53. The summed E-state index contributed by atoms with van der Waals surface area (Å²) in [6.07, 6.45) is 0.954. The standard InChI is InChI=1S/C28H33N5O/c1-19-26(20(2)31-27(30-19)22-11-7-4-8-12-22)28(34)33-17-23-15-32(16-24(23)18-33)14-13-25(29)21-9-5-3-6-10-21/h3-12,23-25H,13-18,29H2,1-2H3/t23?,24?,25-/m0/s1. The maximum absolute atomic E-state index is 13.4. The number of amides is 1. The van der Waals surface area contributed by atoms with Crippen molar-refractivity contribution < 1.29 is 4.79 Å². The predicted molar refractivity (Wildman–Crippen MR) is 134 cm³/mol. The molecule has 1 amide bonds. The molecule has 5 rings (SSSR count). The zero-order chi connectivity index (χ0) is 23.7. The van der Waals surface area contributed by atoms with Crippen molar-refractivity contribution in [3.8, 4) is 11.4 Å². The van der Waals surface area contributed by atoms with Gasteiger partial charge in [-0.1, -0.05) is 60.7 Å². The second-order valence-electron chi connectivity index (χ2n) is 9.75. The molecule has 0 saturated carbocycles. The molecule has 3 heterocycles. The van der Waals surface area contributed by atoms with Crippen LogP contribution in [0.3, 0.4) is 0 Å². The molecular weight excluding hydrogens is 422 g/mol. The van der Waals surface area contributed by atoms with Crippen LogP contribution in [0.4, 0.5) is 0 Å². The number of aromatic nitrogens is 2. The van der Waals surface area contributed by atoms with E-state index >= 15 is 0 Å². The van der Waals surface area contributed by atoms with Gasteiger partial charge in [0.2, 0.25) is 0 Å². The Morgan fingerprint density at radius 2 is 1.47 bits per heavy atom. The number of fused-ring (bicyclic) bond motifs is 1. The number of hydrogen-bond donors (Lipinski definition) is 1. The van der Waals surface area contributed by atoms with Gasteiger partial charge in [-0.3, -0.25) is 4.79 Å². The Labute approximate surface area is 201 Å². The second-order valence-corrected chi connectivity index (χ2v) is 9.75. The molecule has 2 saturated heterocycles. The third kappa shape index (κ3) is 4.61. The number of hydrogen-bond acceptors (Lipinski definition) is 5. The monoisotopic (exact) mass is 455 g/mol. The molecule has 6 heteroatoms. The van der Waals surface area contributed by atoms with E-state index in [-0.39, 0.29) is 11.9 Å². The summed E-state index contributed by atoms with van der Waals surface area (Å²) in [5.74, 6) is 1.81. The van der Waals surface area contributed by atoms with Gasteiger partial charge in [0.1, 0.15) is 0 Å². The van der Waals surface area contributed by atoms with Gasteiger partial charge >= 0.3 is 0 Å². The minimum absolute atomic E-state index is 0.0710. The molecule has 6 nitrogen and oxygen atoms in total. The second kappa shape index (κ2) is 9.65. The first-order valence-corrected chi connectivity index (χ1v) is 12.2. The van der Waals surface area contributed by atoms with Gasteiger partial charge in [0.05, 0.1) is 17.0 Å². The molecule has 2 aromatic carbocycles. The van der Waals surface area contributed by atoms with E-state index in [1.54, 1.807) is 0 Å². The SMILES string of the molecule is Cc1nc(-c2ccccc2)nc(C)c1C(=O)N1CC2CN(CC[C@H](N)c3ccccc3)CC2C1. The third-order valence-electron chi connectivity index (χ3n) is 7.35. The van der Waals surface area contributed by atoms with Crippen molar-refractivity contribution in [1.82, 2.24) is 19.8 Å². The number of likely N-dealkylation sites (tertiary alicyclic amines) is 2. The summed E-state index contributed by atoms with van der Waals surface area (Å²) < 4.78 is 0. The summed E-state index contributed by atoms with van der Waals surface area (Å²) in [6.45, 7) is 8.54. The Balaban J connectivity index is 1.19. The summed E-state index contributed by atoms with van der Waals surface area (Å²) in [6, 6.07) is 20.3. The first kappa shape index (κ1) is 22.7. The molecule has 2 fully saturated rings. The van der Waals surface area contributed by atoms with E-state index in [2.05, 4.69) is 27.0 Å². The molecule has 2 unspecified atom stereocenters. The Morgan fingerprint density at radius 1 is 0.912 bits per heavy atom. The highest BCUT2D eigenvalue weighted by molar-refractivity contribution is 5.96. The number of rotatable bonds is 6. The molecule has 2 aliphatic heterocycles. The molecule has 34 heavy (non-hydrogen) atoms. The van der Waals surface area contributed by atoms with Gasteiger partial charge in [0.15, 0.2) is 5.82 Å². The van der Waals surface area contributed by atoms with Gasteiger partial charge in [-0.05, 0) is 44.2 Å². The molecule has 0 radical (unpaired) electrons. The lowest BCUT2D eigenvalue weighted by Gasteiger charge is -2.23. The molecule has 2 aliphatic rings. The lowest BCUT2D eigenvalue weighted by atomic mass is 10.0. The lowest BCUT2D eigenvalue weighted by Crippen LogP contribution is -2.35. The number of nitrogens with two attached hydrogens (primary N) is 1. The highest BCUT2D eigenvalue weighted by Gasteiger charge is 2.42. The topological polar surface area (TPSA) is 75.4 Å². The average Bonchev–Trinajstić information content (AvgIpc) is 3.42. The van der Waals surface area contributed by atoms with Crippen LogP contribution in [0.25, 0.3) is 11.4 Å². The van der Waals surface area contributed by atoms with Crippen molar-refractivity contribution >= 4 is 5.91 Å². The largest absolute Gasteiger partial charge is 0.338 e. The van der Waals surface area contributed by atoms with Crippen molar-refractivity contribution in [3.63, 3.8) is 0 Å². The Hall–Kier alpha value is -3.09. The van der Waals surface area contributed by atoms with Crippen LogP contribution in [-0.4, -0.2) is 58.4 Å². The smallest absolute Gasteiger partial charge is 0.257 e. The highest BCUT2D eigenvalue weighted by atomic mass is 16.2. The van der Waals surface area contributed by atoms with Crippen LogP contribution in [-0.2, 0) is 0 Å². The highest BCUT2D eigenvalue weighted by Crippen LogP contribution is 2.33. The maximum Gasteiger partial charge on any atom is 0.257 e.